The van der Waals surface area contributed by atoms with Crippen molar-refractivity contribution in [3.05, 3.63) is 18.1 Å². The van der Waals surface area contributed by atoms with Gasteiger partial charge in [0.05, 0.1) is 17.6 Å². The average Bonchev–Trinajstić information content (AvgIpc) is 3.32. The summed E-state index contributed by atoms with van der Waals surface area (Å²) in [5.41, 5.74) is -0.220. The van der Waals surface area contributed by atoms with Crippen LogP contribution in [0.25, 0.3) is 11.5 Å². The van der Waals surface area contributed by atoms with Crippen LogP contribution in [0.15, 0.2) is 26.4 Å². The van der Waals surface area contributed by atoms with Crippen molar-refractivity contribution in [2.45, 2.75) is 49.8 Å². The predicted molar refractivity (Wildman–Crippen MR) is 98.1 cm³/mol. The van der Waals surface area contributed by atoms with Crippen molar-refractivity contribution < 1.29 is 23.2 Å². The summed E-state index contributed by atoms with van der Waals surface area (Å²) < 4.78 is 10.8. The first-order valence-electron chi connectivity index (χ1n) is 9.15. The van der Waals surface area contributed by atoms with Crippen molar-refractivity contribution in [2.75, 3.05) is 12.3 Å². The lowest BCUT2D eigenvalue weighted by Crippen LogP contribution is -2.69. The highest BCUT2D eigenvalue weighted by Crippen LogP contribution is 2.36. The fraction of sp³-hybridized carbons (Fsp3) is 0.500. The molecule has 2 aromatic heterocycles. The van der Waals surface area contributed by atoms with Crippen LogP contribution < -0.4 is 5.32 Å². The molecule has 2 fully saturated rings. The fourth-order valence-electron chi connectivity index (χ4n) is 3.85. The van der Waals surface area contributed by atoms with E-state index in [9.17, 15) is 14.4 Å². The highest BCUT2D eigenvalue weighted by molar-refractivity contribution is 7.99. The third-order valence-corrected chi connectivity index (χ3v) is 6.09. The Morgan fingerprint density at radius 1 is 1.29 bits per heavy atom. The van der Waals surface area contributed by atoms with Crippen molar-refractivity contribution in [3.63, 3.8) is 0 Å². The van der Waals surface area contributed by atoms with Gasteiger partial charge in [0.1, 0.15) is 17.8 Å². The molecule has 0 atom stereocenters. The predicted octanol–water partition coefficient (Wildman–Crippen LogP) is 1.92. The summed E-state index contributed by atoms with van der Waals surface area (Å²) in [5.74, 6) is -0.110. The van der Waals surface area contributed by atoms with Crippen molar-refractivity contribution in [1.82, 2.24) is 20.4 Å². The molecular weight excluding hydrogens is 384 g/mol. The summed E-state index contributed by atoms with van der Waals surface area (Å²) >= 11 is 1.09. The van der Waals surface area contributed by atoms with E-state index in [1.165, 1.54) is 11.2 Å². The van der Waals surface area contributed by atoms with Crippen LogP contribution in [0.1, 0.15) is 37.9 Å². The fourth-order valence-corrected chi connectivity index (χ4v) is 4.48. The van der Waals surface area contributed by atoms with Crippen LogP contribution in [0, 0.1) is 6.92 Å². The minimum absolute atomic E-state index is 0.00825. The maximum absolute atomic E-state index is 12.9. The number of aromatic nitrogens is 2. The number of furan rings is 1. The zero-order chi connectivity index (χ0) is 19.7. The van der Waals surface area contributed by atoms with Crippen LogP contribution in [0.3, 0.4) is 0 Å². The second-order valence-corrected chi connectivity index (χ2v) is 7.93. The topological polar surface area (TPSA) is 119 Å². The molecule has 2 aliphatic rings. The van der Waals surface area contributed by atoms with E-state index < -0.39 is 11.4 Å². The van der Waals surface area contributed by atoms with Crippen LogP contribution >= 0.6 is 11.8 Å². The highest BCUT2D eigenvalue weighted by atomic mass is 32.2. The minimum Gasteiger partial charge on any atom is -0.469 e. The van der Waals surface area contributed by atoms with Crippen LogP contribution in [0.4, 0.5) is 0 Å². The van der Waals surface area contributed by atoms with Gasteiger partial charge in [0.2, 0.25) is 11.8 Å². The largest absolute Gasteiger partial charge is 0.469 e. The van der Waals surface area contributed by atoms with Gasteiger partial charge in [0.25, 0.3) is 17.0 Å². The van der Waals surface area contributed by atoms with Gasteiger partial charge in [-0.25, -0.2) is 0 Å². The lowest BCUT2D eigenvalue weighted by atomic mass is 9.78. The number of rotatable bonds is 4. The Balaban J connectivity index is 1.46. The lowest BCUT2D eigenvalue weighted by Gasteiger charge is -2.47. The monoisotopic (exact) mass is 404 g/mol. The molecule has 4 rings (SSSR count). The second-order valence-electron chi connectivity index (χ2n) is 7.00. The molecule has 3 heterocycles. The quantitative estimate of drug-likeness (QED) is 0.606. The Labute approximate surface area is 165 Å². The number of nitrogens with zero attached hydrogens (tertiary/aromatic N) is 3. The Kier molecular flexibility index (Phi) is 4.96. The molecule has 2 aromatic rings. The summed E-state index contributed by atoms with van der Waals surface area (Å²) in [6.07, 6.45) is 5.43. The van der Waals surface area contributed by atoms with Gasteiger partial charge in [-0.05, 0) is 25.8 Å². The Bertz CT molecular complexity index is 915. The first-order chi connectivity index (χ1) is 13.5. The van der Waals surface area contributed by atoms with Gasteiger partial charge < -0.3 is 13.7 Å². The first-order valence-corrected chi connectivity index (χ1v) is 10.1. The van der Waals surface area contributed by atoms with Crippen LogP contribution in [-0.4, -0.2) is 50.7 Å². The molecule has 0 radical (unpaired) electrons. The lowest BCUT2D eigenvalue weighted by molar-refractivity contribution is -0.158. The van der Waals surface area contributed by atoms with Gasteiger partial charge >= 0.3 is 0 Å². The van der Waals surface area contributed by atoms with E-state index in [1.807, 2.05) is 0 Å². The van der Waals surface area contributed by atoms with Gasteiger partial charge in [-0.15, -0.1) is 10.2 Å². The molecule has 3 amide bonds. The summed E-state index contributed by atoms with van der Waals surface area (Å²) in [6, 6.07) is 1.73. The zero-order valence-corrected chi connectivity index (χ0v) is 16.2. The number of hydrogen-bond acceptors (Lipinski definition) is 8. The van der Waals surface area contributed by atoms with Gasteiger partial charge in [-0.2, -0.15) is 0 Å². The molecule has 1 spiro atoms. The van der Waals surface area contributed by atoms with Gasteiger partial charge in [-0.1, -0.05) is 31.0 Å². The molecule has 0 unspecified atom stereocenters. The van der Waals surface area contributed by atoms with Crippen molar-refractivity contribution >= 4 is 29.5 Å². The van der Waals surface area contributed by atoms with E-state index in [4.69, 9.17) is 8.83 Å². The van der Waals surface area contributed by atoms with E-state index in [2.05, 4.69) is 15.5 Å². The molecule has 1 saturated carbocycles. The number of nitrogens with one attached hydrogen (secondary N) is 1. The van der Waals surface area contributed by atoms with Gasteiger partial charge in [0, 0.05) is 0 Å². The van der Waals surface area contributed by atoms with Crippen LogP contribution in [0.5, 0.6) is 0 Å². The number of amides is 3. The number of aryl methyl sites for hydroxylation is 1. The number of carbonyl (C=O) groups excluding carboxylic acids is 3. The maximum Gasteiger partial charge on any atom is 0.277 e. The Morgan fingerprint density at radius 2 is 2.07 bits per heavy atom. The average molecular weight is 404 g/mol. The van der Waals surface area contributed by atoms with Gasteiger partial charge in [0.15, 0.2) is 0 Å². The number of carbonyl (C=O) groups is 3. The number of imide groups is 1. The first kappa shape index (κ1) is 18.7. The van der Waals surface area contributed by atoms with E-state index in [-0.39, 0.29) is 29.3 Å². The van der Waals surface area contributed by atoms with Gasteiger partial charge in [-0.3, -0.25) is 19.7 Å². The smallest absolute Gasteiger partial charge is 0.277 e. The summed E-state index contributed by atoms with van der Waals surface area (Å²) in [7, 11) is 0. The molecule has 1 saturated heterocycles. The molecule has 148 valence electrons. The van der Waals surface area contributed by atoms with E-state index in [0.717, 1.165) is 31.0 Å². The van der Waals surface area contributed by atoms with E-state index in [1.54, 1.807) is 13.0 Å². The molecule has 0 bridgehead atoms. The van der Waals surface area contributed by atoms with Crippen molar-refractivity contribution in [2.24, 2.45) is 0 Å². The molecule has 28 heavy (non-hydrogen) atoms. The normalized spacial score (nSPS) is 19.1. The summed E-state index contributed by atoms with van der Waals surface area (Å²) in [6.45, 7) is 1.69. The summed E-state index contributed by atoms with van der Waals surface area (Å²) in [5, 5.41) is 10.6. The second kappa shape index (κ2) is 7.42. The third-order valence-electron chi connectivity index (χ3n) is 5.29. The maximum atomic E-state index is 12.9. The van der Waals surface area contributed by atoms with Crippen LogP contribution in [-0.2, 0) is 14.4 Å². The third kappa shape index (κ3) is 3.32. The molecule has 0 aromatic carbocycles. The molecule has 1 N–H and O–H groups in total. The Hall–Kier alpha value is -2.62. The van der Waals surface area contributed by atoms with Crippen molar-refractivity contribution in [3.8, 4) is 11.5 Å². The van der Waals surface area contributed by atoms with E-state index in [0.29, 0.717) is 30.1 Å². The molecular formula is C18H20N4O5S. The number of hydrogen-bond donors (Lipinski definition) is 1. The standard InChI is InChI=1S/C18H20N4O5S/c1-11-12(5-8-26-11)15-20-21-17(27-15)28-10-14(24)22-9-13(23)19-16(25)18(22)6-3-2-4-7-18/h5,8H,2-4,6-7,9-10H2,1H3,(H,19,23,25). The highest BCUT2D eigenvalue weighted by Gasteiger charge is 2.50. The van der Waals surface area contributed by atoms with Crippen molar-refractivity contribution in [1.29, 1.82) is 0 Å². The Morgan fingerprint density at radius 3 is 2.79 bits per heavy atom. The molecule has 10 heteroatoms. The minimum atomic E-state index is -0.919. The SMILES string of the molecule is Cc1occc1-c1nnc(SCC(=O)N2CC(=O)NC(=O)C23CCCCC3)o1. The molecule has 1 aliphatic carbocycles. The van der Waals surface area contributed by atoms with Crippen LogP contribution in [0.2, 0.25) is 0 Å². The number of piperazine rings is 1. The summed E-state index contributed by atoms with van der Waals surface area (Å²) in [4.78, 5) is 38.8. The molecule has 1 aliphatic heterocycles. The molecule has 9 nitrogen and oxygen atoms in total. The van der Waals surface area contributed by atoms with E-state index >= 15 is 0 Å². The zero-order valence-electron chi connectivity index (χ0n) is 15.4. The number of thioether (sulfide) groups is 1.